The molecule has 0 radical (unpaired) electrons. The zero-order valence-corrected chi connectivity index (χ0v) is 17.8. The summed E-state index contributed by atoms with van der Waals surface area (Å²) < 4.78 is 46.9. The summed E-state index contributed by atoms with van der Waals surface area (Å²) in [7, 11) is -3.65. The van der Waals surface area contributed by atoms with Crippen molar-refractivity contribution >= 4 is 15.8 Å². The number of pyridine rings is 1. The second kappa shape index (κ2) is 7.42. The molecular weight excluding hydrogens is 407 g/mol. The van der Waals surface area contributed by atoms with Gasteiger partial charge in [0.05, 0.1) is 5.75 Å². The highest BCUT2D eigenvalue weighted by Crippen LogP contribution is 2.64. The lowest BCUT2D eigenvalue weighted by molar-refractivity contribution is -0.128. The number of nitrogens with one attached hydrogen (secondary N) is 1. The maximum atomic E-state index is 13.2. The van der Waals surface area contributed by atoms with E-state index < -0.39 is 21.3 Å². The lowest BCUT2D eigenvalue weighted by atomic mass is 9.70. The summed E-state index contributed by atoms with van der Waals surface area (Å²) in [5, 5.41) is 0. The zero-order chi connectivity index (χ0) is 21.6. The van der Waals surface area contributed by atoms with Gasteiger partial charge < -0.3 is 4.74 Å². The Morgan fingerprint density at radius 1 is 1.27 bits per heavy atom. The largest absolute Gasteiger partial charge is 0.439 e. The van der Waals surface area contributed by atoms with E-state index in [2.05, 4.69) is 9.71 Å². The van der Waals surface area contributed by atoms with Crippen LogP contribution < -0.4 is 9.46 Å². The van der Waals surface area contributed by atoms with Crippen LogP contribution in [0.5, 0.6) is 11.6 Å². The van der Waals surface area contributed by atoms with Crippen LogP contribution in [0.25, 0.3) is 0 Å². The first kappa shape index (κ1) is 20.9. The molecule has 6 nitrogen and oxygen atoms in total. The van der Waals surface area contributed by atoms with Gasteiger partial charge in [-0.25, -0.2) is 22.5 Å². The molecule has 1 aromatic heterocycles. The Kier molecular flexibility index (Phi) is 5.18. The monoisotopic (exact) mass is 432 g/mol. The van der Waals surface area contributed by atoms with E-state index >= 15 is 0 Å². The summed E-state index contributed by atoms with van der Waals surface area (Å²) in [6, 6.07) is 9.02. The summed E-state index contributed by atoms with van der Waals surface area (Å²) in [6.07, 6.45) is 3.54. The molecule has 2 aromatic rings. The quantitative estimate of drug-likeness (QED) is 0.719. The van der Waals surface area contributed by atoms with Gasteiger partial charge in [-0.2, -0.15) is 0 Å². The van der Waals surface area contributed by atoms with Crippen LogP contribution in [0.15, 0.2) is 42.6 Å². The van der Waals surface area contributed by atoms with Crippen molar-refractivity contribution in [3.8, 4) is 11.6 Å². The molecule has 1 heterocycles. The third-order valence-corrected chi connectivity index (χ3v) is 8.34. The normalized spacial score (nSPS) is 24.9. The van der Waals surface area contributed by atoms with Crippen LogP contribution in [-0.4, -0.2) is 24.9 Å². The number of halogens is 1. The summed E-state index contributed by atoms with van der Waals surface area (Å²) >= 11 is 0. The van der Waals surface area contributed by atoms with Gasteiger partial charge in [0.2, 0.25) is 15.9 Å². The number of carbonyl (C=O) groups is 1. The van der Waals surface area contributed by atoms with Crippen LogP contribution in [0, 0.1) is 22.6 Å². The van der Waals surface area contributed by atoms with E-state index in [-0.39, 0.29) is 35.3 Å². The smallest absolute Gasteiger partial charge is 0.219 e. The third kappa shape index (κ3) is 3.74. The van der Waals surface area contributed by atoms with Crippen molar-refractivity contribution in [3.63, 3.8) is 0 Å². The van der Waals surface area contributed by atoms with Crippen LogP contribution >= 0.6 is 0 Å². The number of hydrogen-bond acceptors (Lipinski definition) is 5. The average Bonchev–Trinajstić information content (AvgIpc) is 3.01. The third-order valence-electron chi connectivity index (χ3n) is 6.89. The Morgan fingerprint density at radius 3 is 2.67 bits per heavy atom. The Bertz CT molecular complexity index is 1070. The molecule has 30 heavy (non-hydrogen) atoms. The van der Waals surface area contributed by atoms with E-state index in [0.717, 1.165) is 6.42 Å². The fourth-order valence-corrected chi connectivity index (χ4v) is 6.72. The van der Waals surface area contributed by atoms with Crippen molar-refractivity contribution in [1.82, 2.24) is 9.71 Å². The molecule has 0 spiro atoms. The summed E-state index contributed by atoms with van der Waals surface area (Å²) in [5.74, 6) is 0.381. The number of ketones is 1. The molecule has 160 valence electrons. The van der Waals surface area contributed by atoms with Crippen LogP contribution in [0.1, 0.15) is 38.7 Å². The van der Waals surface area contributed by atoms with Crippen molar-refractivity contribution in [2.24, 2.45) is 16.7 Å². The molecule has 2 atom stereocenters. The minimum absolute atomic E-state index is 0.0731. The van der Waals surface area contributed by atoms with Gasteiger partial charge in [0.15, 0.2) is 0 Å². The van der Waals surface area contributed by atoms with Gasteiger partial charge in [-0.1, -0.05) is 26.0 Å². The van der Waals surface area contributed by atoms with Crippen LogP contribution in [0.3, 0.4) is 0 Å². The van der Waals surface area contributed by atoms with Gasteiger partial charge >= 0.3 is 0 Å². The molecule has 2 unspecified atom stereocenters. The van der Waals surface area contributed by atoms with E-state index in [9.17, 15) is 17.6 Å². The molecule has 2 fully saturated rings. The molecular formula is C22H25FN2O4S. The fraction of sp³-hybridized carbons (Fsp3) is 0.455. The Hall–Kier alpha value is -2.32. The van der Waals surface area contributed by atoms with Gasteiger partial charge in [-0.05, 0) is 41.9 Å². The van der Waals surface area contributed by atoms with Crippen LogP contribution in [0.2, 0.25) is 0 Å². The SMILES string of the molecule is CC1(C)C2CCC1(CS(=O)(=O)NCc1ccc(Oc3cccc(F)c3)nc1)C(=O)C2. The van der Waals surface area contributed by atoms with Crippen molar-refractivity contribution in [3.05, 3.63) is 54.0 Å². The Morgan fingerprint density at radius 2 is 2.07 bits per heavy atom. The molecule has 1 aromatic carbocycles. The first-order valence-corrected chi connectivity index (χ1v) is 11.7. The van der Waals surface area contributed by atoms with E-state index in [1.807, 2.05) is 13.8 Å². The highest BCUT2D eigenvalue weighted by molar-refractivity contribution is 7.89. The molecule has 8 heteroatoms. The zero-order valence-electron chi connectivity index (χ0n) is 17.0. The van der Waals surface area contributed by atoms with E-state index in [4.69, 9.17) is 4.74 Å². The van der Waals surface area contributed by atoms with Crippen molar-refractivity contribution in [1.29, 1.82) is 0 Å². The number of sulfonamides is 1. The number of rotatable bonds is 7. The predicted octanol–water partition coefficient (Wildman–Crippen LogP) is 3.83. The Labute approximate surface area is 175 Å². The fourth-order valence-electron chi connectivity index (χ4n) is 4.90. The highest BCUT2D eigenvalue weighted by Gasteiger charge is 2.65. The van der Waals surface area contributed by atoms with Gasteiger partial charge in [-0.15, -0.1) is 0 Å². The molecule has 2 saturated carbocycles. The van der Waals surface area contributed by atoms with Crippen molar-refractivity contribution in [2.45, 2.75) is 39.7 Å². The topological polar surface area (TPSA) is 85.4 Å². The number of Topliss-reactive ketones (excluding diaryl/α,β-unsaturated/α-hetero) is 1. The molecule has 2 aliphatic rings. The molecule has 1 N–H and O–H groups in total. The number of ether oxygens (including phenoxy) is 1. The second-order valence-electron chi connectivity index (χ2n) is 8.81. The van der Waals surface area contributed by atoms with Gasteiger partial charge in [0.25, 0.3) is 0 Å². The van der Waals surface area contributed by atoms with E-state index in [1.165, 1.54) is 24.4 Å². The second-order valence-corrected chi connectivity index (χ2v) is 10.6. The van der Waals surface area contributed by atoms with Gasteiger partial charge in [0.1, 0.15) is 17.3 Å². The summed E-state index contributed by atoms with van der Waals surface area (Å²) in [5.41, 5.74) is -0.426. The standard InChI is InChI=1S/C22H25FN2O4S/c1-21(2)16-8-9-22(21,19(26)10-16)14-30(27,28)25-13-15-6-7-20(24-12-15)29-18-5-3-4-17(23)11-18/h3-7,11-12,16,25H,8-10,13-14H2,1-2H3. The molecule has 0 aliphatic heterocycles. The average molecular weight is 433 g/mol. The van der Waals surface area contributed by atoms with Crippen LogP contribution in [0.4, 0.5) is 4.39 Å². The molecule has 0 saturated heterocycles. The predicted molar refractivity (Wildman–Crippen MR) is 110 cm³/mol. The summed E-state index contributed by atoms with van der Waals surface area (Å²) in [4.78, 5) is 16.7. The number of carbonyl (C=O) groups excluding carboxylic acids is 1. The maximum Gasteiger partial charge on any atom is 0.219 e. The molecule has 4 rings (SSSR count). The number of benzene rings is 1. The number of hydrogen-bond donors (Lipinski definition) is 1. The summed E-state index contributed by atoms with van der Waals surface area (Å²) in [6.45, 7) is 4.11. The number of aromatic nitrogens is 1. The first-order valence-electron chi connectivity index (χ1n) is 10.0. The number of fused-ring (bicyclic) bond motifs is 2. The van der Waals surface area contributed by atoms with Gasteiger partial charge in [-0.3, -0.25) is 4.79 Å². The maximum absolute atomic E-state index is 13.2. The van der Waals surface area contributed by atoms with Crippen LogP contribution in [-0.2, 0) is 21.4 Å². The Balaban J connectivity index is 1.39. The number of nitrogens with zero attached hydrogens (tertiary/aromatic N) is 1. The highest BCUT2D eigenvalue weighted by atomic mass is 32.2. The lowest BCUT2D eigenvalue weighted by Crippen LogP contribution is -2.45. The van der Waals surface area contributed by atoms with E-state index in [0.29, 0.717) is 24.2 Å². The minimum Gasteiger partial charge on any atom is -0.439 e. The molecule has 2 aliphatic carbocycles. The van der Waals surface area contributed by atoms with Gasteiger partial charge in [0, 0.05) is 36.7 Å². The molecule has 0 amide bonds. The van der Waals surface area contributed by atoms with E-state index in [1.54, 1.807) is 18.2 Å². The lowest BCUT2D eigenvalue weighted by Gasteiger charge is -2.36. The first-order chi connectivity index (χ1) is 14.1. The molecule has 2 bridgehead atoms. The van der Waals surface area contributed by atoms with Crippen molar-refractivity contribution in [2.75, 3.05) is 5.75 Å². The van der Waals surface area contributed by atoms with Crippen molar-refractivity contribution < 1.29 is 22.3 Å². The minimum atomic E-state index is -3.65.